The Kier molecular flexibility index (Phi) is 9.58. The van der Waals surface area contributed by atoms with Crippen LogP contribution >= 0.6 is 0 Å². The second-order valence-corrected chi connectivity index (χ2v) is 13.1. The van der Waals surface area contributed by atoms with Crippen molar-refractivity contribution in [3.8, 4) is 0 Å². The maximum absolute atomic E-state index is 13.2. The van der Waals surface area contributed by atoms with Crippen LogP contribution in [0.5, 0.6) is 0 Å². The Morgan fingerprint density at radius 3 is 2.05 bits per heavy atom. The van der Waals surface area contributed by atoms with Gasteiger partial charge in [-0.1, -0.05) is 78.9 Å². The second kappa shape index (κ2) is 12.9. The van der Waals surface area contributed by atoms with E-state index in [9.17, 15) is 13.5 Å². The molecule has 0 bridgehead atoms. The lowest BCUT2D eigenvalue weighted by Gasteiger charge is -2.39. The summed E-state index contributed by atoms with van der Waals surface area (Å²) in [5.74, 6) is 0.168. The van der Waals surface area contributed by atoms with Crippen LogP contribution in [0.25, 0.3) is 0 Å². The van der Waals surface area contributed by atoms with Crippen LogP contribution in [-0.4, -0.2) is 48.9 Å². The Labute approximate surface area is 223 Å². The van der Waals surface area contributed by atoms with Gasteiger partial charge in [0.1, 0.15) is 0 Å². The molecular weight excluding hydrogens is 478 g/mol. The lowest BCUT2D eigenvalue weighted by atomic mass is 9.85. The molecular formula is C32H41NO3S. The molecule has 0 aliphatic carbocycles. The van der Waals surface area contributed by atoms with Crippen molar-refractivity contribution >= 4 is 9.84 Å². The Morgan fingerprint density at radius 2 is 1.43 bits per heavy atom. The highest BCUT2D eigenvalue weighted by molar-refractivity contribution is 7.92. The van der Waals surface area contributed by atoms with E-state index in [2.05, 4.69) is 41.3 Å². The zero-order valence-corrected chi connectivity index (χ0v) is 22.8. The van der Waals surface area contributed by atoms with Crippen molar-refractivity contribution in [3.63, 3.8) is 0 Å². The van der Waals surface area contributed by atoms with E-state index in [1.807, 2.05) is 37.3 Å². The van der Waals surface area contributed by atoms with Gasteiger partial charge >= 0.3 is 0 Å². The molecule has 0 spiro atoms. The van der Waals surface area contributed by atoms with E-state index in [0.29, 0.717) is 11.3 Å². The maximum Gasteiger partial charge on any atom is 0.180 e. The van der Waals surface area contributed by atoms with Crippen LogP contribution in [0.1, 0.15) is 62.5 Å². The second-order valence-electron chi connectivity index (χ2n) is 10.7. The fraction of sp³-hybridized carbons (Fsp3) is 0.438. The molecule has 0 amide bonds. The summed E-state index contributed by atoms with van der Waals surface area (Å²) in [6, 6.07) is 29.6. The molecule has 4 rings (SSSR count). The number of likely N-dealkylation sites (tertiary alicyclic amines) is 1. The lowest BCUT2D eigenvalue weighted by Crippen LogP contribution is -2.44. The van der Waals surface area contributed by atoms with Crippen molar-refractivity contribution in [2.45, 2.75) is 73.5 Å². The van der Waals surface area contributed by atoms with Crippen molar-refractivity contribution < 1.29 is 13.5 Å². The van der Waals surface area contributed by atoms with E-state index in [-0.39, 0.29) is 5.92 Å². The topological polar surface area (TPSA) is 57.6 Å². The van der Waals surface area contributed by atoms with Crippen LogP contribution in [0.4, 0.5) is 0 Å². The quantitative estimate of drug-likeness (QED) is 0.307. The SMILES string of the molecule is CC(CC(CCN1CCC(O)(CCCc2ccccc2)CC1)c1ccccc1)S(=O)(=O)c1ccccc1. The summed E-state index contributed by atoms with van der Waals surface area (Å²) in [5, 5.41) is 10.7. The van der Waals surface area contributed by atoms with Crippen molar-refractivity contribution in [2.75, 3.05) is 19.6 Å². The summed E-state index contributed by atoms with van der Waals surface area (Å²) in [5.41, 5.74) is 1.97. The minimum absolute atomic E-state index is 0.168. The first-order valence-electron chi connectivity index (χ1n) is 13.7. The molecule has 4 nitrogen and oxygen atoms in total. The van der Waals surface area contributed by atoms with Gasteiger partial charge in [0.25, 0.3) is 0 Å². The first kappa shape index (κ1) is 27.6. The van der Waals surface area contributed by atoms with Gasteiger partial charge in [0.05, 0.1) is 15.7 Å². The fourth-order valence-corrected chi connectivity index (χ4v) is 7.05. The van der Waals surface area contributed by atoms with Gasteiger partial charge in [-0.2, -0.15) is 0 Å². The van der Waals surface area contributed by atoms with Crippen molar-refractivity contribution in [3.05, 3.63) is 102 Å². The van der Waals surface area contributed by atoms with Crippen molar-refractivity contribution in [1.82, 2.24) is 4.90 Å². The van der Waals surface area contributed by atoms with Crippen LogP contribution in [0.3, 0.4) is 0 Å². The number of benzene rings is 3. The summed E-state index contributed by atoms with van der Waals surface area (Å²) in [4.78, 5) is 2.84. The standard InChI is InChI=1S/C32H41NO3S/c1-27(37(35,36)31-17-9-4-10-18-31)26-30(29-15-7-3-8-16-29)19-23-33-24-21-32(34,22-25-33)20-11-14-28-12-5-2-6-13-28/h2-10,12-13,15-18,27,30,34H,11,14,19-26H2,1H3. The molecule has 5 heteroatoms. The minimum Gasteiger partial charge on any atom is -0.390 e. The summed E-state index contributed by atoms with van der Waals surface area (Å²) < 4.78 is 26.4. The molecule has 1 aliphatic rings. The molecule has 1 N–H and O–H groups in total. The molecule has 0 saturated carbocycles. The van der Waals surface area contributed by atoms with Crippen molar-refractivity contribution in [1.29, 1.82) is 0 Å². The maximum atomic E-state index is 13.2. The predicted octanol–water partition coefficient (Wildman–Crippen LogP) is 6.26. The summed E-state index contributed by atoms with van der Waals surface area (Å²) >= 11 is 0. The van der Waals surface area contributed by atoms with Crippen molar-refractivity contribution in [2.24, 2.45) is 0 Å². The van der Waals surface area contributed by atoms with Gasteiger partial charge in [-0.25, -0.2) is 8.42 Å². The molecule has 37 heavy (non-hydrogen) atoms. The molecule has 2 unspecified atom stereocenters. The number of piperidine rings is 1. The van der Waals surface area contributed by atoms with E-state index in [1.165, 1.54) is 11.1 Å². The van der Waals surface area contributed by atoms with Crippen LogP contribution in [0.2, 0.25) is 0 Å². The van der Waals surface area contributed by atoms with Gasteiger partial charge in [0.2, 0.25) is 0 Å². The number of hydrogen-bond donors (Lipinski definition) is 1. The third-order valence-corrected chi connectivity index (χ3v) is 10.2. The van der Waals surface area contributed by atoms with E-state index in [1.54, 1.807) is 24.3 Å². The van der Waals surface area contributed by atoms with E-state index in [0.717, 1.165) is 58.2 Å². The summed E-state index contributed by atoms with van der Waals surface area (Å²) in [7, 11) is -3.38. The first-order valence-corrected chi connectivity index (χ1v) is 15.2. The number of nitrogens with zero attached hydrogens (tertiary/aromatic N) is 1. The molecule has 1 saturated heterocycles. The normalized spacial score (nSPS) is 17.8. The predicted molar refractivity (Wildman–Crippen MR) is 152 cm³/mol. The zero-order chi connectivity index (χ0) is 26.1. The fourth-order valence-electron chi connectivity index (χ4n) is 5.56. The highest BCUT2D eigenvalue weighted by Gasteiger charge is 2.32. The number of sulfone groups is 1. The number of hydrogen-bond acceptors (Lipinski definition) is 4. The highest BCUT2D eigenvalue weighted by Crippen LogP contribution is 2.32. The molecule has 1 fully saturated rings. The first-order chi connectivity index (χ1) is 17.9. The van der Waals surface area contributed by atoms with Crippen LogP contribution in [-0.2, 0) is 16.3 Å². The smallest absolute Gasteiger partial charge is 0.180 e. The Bertz CT molecular complexity index is 1170. The van der Waals surface area contributed by atoms with E-state index < -0.39 is 20.7 Å². The lowest BCUT2D eigenvalue weighted by molar-refractivity contribution is -0.0292. The number of aryl methyl sites for hydroxylation is 1. The van der Waals surface area contributed by atoms with Gasteiger partial charge < -0.3 is 10.0 Å². The van der Waals surface area contributed by atoms with Gasteiger partial charge in [-0.15, -0.1) is 0 Å². The zero-order valence-electron chi connectivity index (χ0n) is 22.0. The summed E-state index contributed by atoms with van der Waals surface area (Å²) in [6.45, 7) is 4.54. The van der Waals surface area contributed by atoms with Crippen LogP contribution in [0.15, 0.2) is 95.9 Å². The third-order valence-electron chi connectivity index (χ3n) is 8.02. The van der Waals surface area contributed by atoms with E-state index in [4.69, 9.17) is 0 Å². The number of aliphatic hydroxyl groups is 1. The molecule has 3 aromatic carbocycles. The molecule has 0 aromatic heterocycles. The third kappa shape index (κ3) is 7.76. The largest absolute Gasteiger partial charge is 0.390 e. The molecule has 3 aromatic rings. The minimum atomic E-state index is -3.38. The van der Waals surface area contributed by atoms with E-state index >= 15 is 0 Å². The number of rotatable bonds is 12. The molecule has 0 radical (unpaired) electrons. The van der Waals surface area contributed by atoms with Gasteiger partial charge in [0.15, 0.2) is 9.84 Å². The Morgan fingerprint density at radius 1 is 0.865 bits per heavy atom. The van der Waals surface area contributed by atoms with Crippen LogP contribution in [0, 0.1) is 0 Å². The Balaban J connectivity index is 1.31. The average Bonchev–Trinajstić information content (AvgIpc) is 2.93. The molecule has 2 atom stereocenters. The molecule has 1 heterocycles. The van der Waals surface area contributed by atoms with Gasteiger partial charge in [-0.3, -0.25) is 0 Å². The average molecular weight is 520 g/mol. The Hall–Kier alpha value is -2.47. The molecule has 198 valence electrons. The monoisotopic (exact) mass is 519 g/mol. The van der Waals surface area contributed by atoms with Gasteiger partial charge in [0, 0.05) is 13.1 Å². The van der Waals surface area contributed by atoms with Gasteiger partial charge in [-0.05, 0) is 87.6 Å². The molecule has 1 aliphatic heterocycles. The highest BCUT2D eigenvalue weighted by atomic mass is 32.2. The summed E-state index contributed by atoms with van der Waals surface area (Å²) in [6.07, 6.45) is 5.97. The van der Waals surface area contributed by atoms with Crippen LogP contribution < -0.4 is 0 Å².